The van der Waals surface area contributed by atoms with Crippen molar-refractivity contribution in [2.75, 3.05) is 0 Å². The third-order valence-corrected chi connectivity index (χ3v) is 6.90. The molecule has 0 amide bonds. The molecule has 2 aliphatic rings. The van der Waals surface area contributed by atoms with E-state index in [1.54, 1.807) is 0 Å². The van der Waals surface area contributed by atoms with Crippen molar-refractivity contribution in [1.82, 2.24) is 0 Å². The van der Waals surface area contributed by atoms with Gasteiger partial charge in [0.15, 0.2) is 0 Å². The van der Waals surface area contributed by atoms with Crippen LogP contribution >= 0.6 is 0 Å². The van der Waals surface area contributed by atoms with E-state index in [4.69, 9.17) is 0 Å². The van der Waals surface area contributed by atoms with Crippen molar-refractivity contribution in [2.45, 2.75) is 91.9 Å². The van der Waals surface area contributed by atoms with Crippen molar-refractivity contribution in [3.8, 4) is 0 Å². The summed E-state index contributed by atoms with van der Waals surface area (Å²) in [6.07, 6.45) is 14.8. The summed E-state index contributed by atoms with van der Waals surface area (Å²) < 4.78 is 0. The summed E-state index contributed by atoms with van der Waals surface area (Å²) in [4.78, 5) is 0. The van der Waals surface area contributed by atoms with E-state index in [9.17, 15) is 0 Å². The Hall–Kier alpha value is 0. The average molecular weight is 250 g/mol. The minimum absolute atomic E-state index is 0.643. The van der Waals surface area contributed by atoms with Gasteiger partial charge in [-0.15, -0.1) is 0 Å². The van der Waals surface area contributed by atoms with Crippen LogP contribution < -0.4 is 0 Å². The first kappa shape index (κ1) is 14.4. The van der Waals surface area contributed by atoms with E-state index in [2.05, 4.69) is 27.7 Å². The Kier molecular flexibility index (Phi) is 4.44. The number of hydrogen-bond donors (Lipinski definition) is 0. The molecule has 0 bridgehead atoms. The third kappa shape index (κ3) is 2.63. The first-order chi connectivity index (χ1) is 8.53. The molecule has 0 radical (unpaired) electrons. The van der Waals surface area contributed by atoms with Crippen molar-refractivity contribution < 1.29 is 0 Å². The fourth-order valence-electron chi connectivity index (χ4n) is 4.85. The quantitative estimate of drug-likeness (QED) is 0.559. The zero-order chi connectivity index (χ0) is 13.2. The lowest BCUT2D eigenvalue weighted by Gasteiger charge is -2.54. The molecular weight excluding hydrogens is 216 g/mol. The number of hydrogen-bond acceptors (Lipinski definition) is 0. The second-order valence-electron chi connectivity index (χ2n) is 7.84. The Morgan fingerprint density at radius 2 is 1.39 bits per heavy atom. The molecule has 2 atom stereocenters. The van der Waals surface area contributed by atoms with Gasteiger partial charge in [0.1, 0.15) is 0 Å². The predicted molar refractivity (Wildman–Crippen MR) is 80.7 cm³/mol. The molecule has 18 heavy (non-hydrogen) atoms. The monoisotopic (exact) mass is 250 g/mol. The topological polar surface area (TPSA) is 0 Å². The summed E-state index contributed by atoms with van der Waals surface area (Å²) in [7, 11) is 0. The van der Waals surface area contributed by atoms with Crippen LogP contribution in [0, 0.1) is 22.7 Å². The first-order valence-electron chi connectivity index (χ1n) is 8.53. The molecule has 0 aromatic rings. The molecule has 0 aromatic carbocycles. The van der Waals surface area contributed by atoms with Crippen LogP contribution in [0.15, 0.2) is 0 Å². The van der Waals surface area contributed by atoms with Crippen molar-refractivity contribution in [1.29, 1.82) is 0 Å². The van der Waals surface area contributed by atoms with E-state index in [1.165, 1.54) is 64.2 Å². The molecule has 0 spiro atoms. The van der Waals surface area contributed by atoms with E-state index in [0.29, 0.717) is 10.8 Å². The van der Waals surface area contributed by atoms with Crippen LogP contribution in [0.1, 0.15) is 91.9 Å². The van der Waals surface area contributed by atoms with Crippen LogP contribution in [0.3, 0.4) is 0 Å². The molecule has 0 aromatic heterocycles. The van der Waals surface area contributed by atoms with Crippen LogP contribution in [0.5, 0.6) is 0 Å². The molecular formula is C18H34. The molecule has 0 heterocycles. The van der Waals surface area contributed by atoms with Gasteiger partial charge in [0.25, 0.3) is 0 Å². The fraction of sp³-hybridized carbons (Fsp3) is 1.00. The van der Waals surface area contributed by atoms with Gasteiger partial charge in [0.2, 0.25) is 0 Å². The molecule has 0 aliphatic heterocycles. The molecule has 2 fully saturated rings. The zero-order valence-electron chi connectivity index (χ0n) is 13.2. The SMILES string of the molecule is CCC1CCC(C)(C2(C)CCCC(CC)C2)CC1. The van der Waals surface area contributed by atoms with Gasteiger partial charge in [-0.3, -0.25) is 0 Å². The molecule has 2 rings (SSSR count). The highest BCUT2D eigenvalue weighted by Gasteiger charge is 2.47. The van der Waals surface area contributed by atoms with Gasteiger partial charge in [0.05, 0.1) is 0 Å². The van der Waals surface area contributed by atoms with Crippen molar-refractivity contribution >= 4 is 0 Å². The Labute approximate surface area is 115 Å². The molecule has 2 aliphatic carbocycles. The van der Waals surface area contributed by atoms with E-state index in [1.807, 2.05) is 0 Å². The maximum atomic E-state index is 2.63. The van der Waals surface area contributed by atoms with Crippen LogP contribution in [-0.4, -0.2) is 0 Å². The normalized spacial score (nSPS) is 46.0. The van der Waals surface area contributed by atoms with Gasteiger partial charge in [0, 0.05) is 0 Å². The van der Waals surface area contributed by atoms with Crippen molar-refractivity contribution in [2.24, 2.45) is 22.7 Å². The number of rotatable bonds is 3. The lowest BCUT2D eigenvalue weighted by atomic mass is 9.51. The summed E-state index contributed by atoms with van der Waals surface area (Å²) in [5.41, 5.74) is 1.29. The second kappa shape index (κ2) is 5.55. The molecule has 2 unspecified atom stereocenters. The average Bonchev–Trinajstić information content (AvgIpc) is 2.39. The largest absolute Gasteiger partial charge is 0.0651 e. The Bertz CT molecular complexity index is 259. The molecule has 0 heteroatoms. The van der Waals surface area contributed by atoms with Gasteiger partial charge in [-0.2, -0.15) is 0 Å². The molecule has 0 nitrogen and oxygen atoms in total. The van der Waals surface area contributed by atoms with E-state index in [0.717, 1.165) is 11.8 Å². The van der Waals surface area contributed by atoms with E-state index in [-0.39, 0.29) is 0 Å². The van der Waals surface area contributed by atoms with E-state index < -0.39 is 0 Å². The molecule has 106 valence electrons. The van der Waals surface area contributed by atoms with Crippen molar-refractivity contribution in [3.05, 3.63) is 0 Å². The summed E-state index contributed by atoms with van der Waals surface area (Å²) in [6.45, 7) is 10.0. The maximum Gasteiger partial charge on any atom is -0.0269 e. The standard InChI is InChI=1S/C18H34/c1-5-15-9-12-17(3,13-10-15)18(4)11-7-8-16(6-2)14-18/h15-16H,5-14H2,1-4H3. The highest BCUT2D eigenvalue weighted by molar-refractivity contribution is 4.98. The van der Waals surface area contributed by atoms with Gasteiger partial charge in [-0.1, -0.05) is 53.4 Å². The first-order valence-corrected chi connectivity index (χ1v) is 8.53. The van der Waals surface area contributed by atoms with Gasteiger partial charge in [-0.25, -0.2) is 0 Å². The summed E-state index contributed by atoms with van der Waals surface area (Å²) in [5, 5.41) is 0. The minimum Gasteiger partial charge on any atom is -0.0651 e. The van der Waals surface area contributed by atoms with Gasteiger partial charge in [-0.05, 0) is 61.2 Å². The zero-order valence-corrected chi connectivity index (χ0v) is 13.2. The van der Waals surface area contributed by atoms with Crippen LogP contribution in [0.4, 0.5) is 0 Å². The minimum atomic E-state index is 0.643. The Morgan fingerprint density at radius 3 is 1.94 bits per heavy atom. The third-order valence-electron chi connectivity index (χ3n) is 6.90. The Morgan fingerprint density at radius 1 is 0.778 bits per heavy atom. The molecule has 0 saturated heterocycles. The lowest BCUT2D eigenvalue weighted by molar-refractivity contribution is -0.0324. The highest BCUT2D eigenvalue weighted by atomic mass is 14.5. The van der Waals surface area contributed by atoms with E-state index >= 15 is 0 Å². The predicted octanol–water partition coefficient (Wildman–Crippen LogP) is 6.20. The van der Waals surface area contributed by atoms with Crippen LogP contribution in [0.2, 0.25) is 0 Å². The van der Waals surface area contributed by atoms with Crippen LogP contribution in [0.25, 0.3) is 0 Å². The smallest absolute Gasteiger partial charge is 0.0269 e. The maximum absolute atomic E-state index is 2.63. The second-order valence-corrected chi connectivity index (χ2v) is 7.84. The lowest BCUT2D eigenvalue weighted by Crippen LogP contribution is -2.43. The summed E-state index contributed by atoms with van der Waals surface area (Å²) in [6, 6.07) is 0. The summed E-state index contributed by atoms with van der Waals surface area (Å²) in [5.74, 6) is 2.05. The molecule has 0 N–H and O–H groups in total. The Balaban J connectivity index is 2.04. The van der Waals surface area contributed by atoms with Gasteiger partial charge < -0.3 is 0 Å². The fourth-order valence-corrected chi connectivity index (χ4v) is 4.85. The summed E-state index contributed by atoms with van der Waals surface area (Å²) >= 11 is 0. The van der Waals surface area contributed by atoms with Gasteiger partial charge >= 0.3 is 0 Å². The van der Waals surface area contributed by atoms with Crippen molar-refractivity contribution in [3.63, 3.8) is 0 Å². The molecule has 2 saturated carbocycles. The van der Waals surface area contributed by atoms with Crippen LogP contribution in [-0.2, 0) is 0 Å². The highest BCUT2D eigenvalue weighted by Crippen LogP contribution is 2.58.